The average molecular weight is 326 g/mol. The van der Waals surface area contributed by atoms with Gasteiger partial charge in [-0.3, -0.25) is 9.69 Å². The Morgan fingerprint density at radius 2 is 2.14 bits per heavy atom. The highest BCUT2D eigenvalue weighted by Crippen LogP contribution is 2.13. The lowest BCUT2D eigenvalue weighted by Crippen LogP contribution is -2.53. The van der Waals surface area contributed by atoms with Crippen LogP contribution in [0.15, 0.2) is 17.5 Å². The first-order chi connectivity index (χ1) is 10.1. The first-order valence-corrected chi connectivity index (χ1v) is 8.70. The number of nitrogens with two attached hydrogens (primary N) is 1. The Hall–Kier alpha value is -0.980. The van der Waals surface area contributed by atoms with Crippen molar-refractivity contribution in [3.8, 4) is 0 Å². The predicted molar refractivity (Wildman–Crippen MR) is 91.7 cm³/mol. The maximum Gasteiger partial charge on any atom is 0.222 e. The first kappa shape index (κ1) is 16.4. The molecule has 1 aromatic rings. The summed E-state index contributed by atoms with van der Waals surface area (Å²) in [4.78, 5) is 18.3. The van der Waals surface area contributed by atoms with Crippen molar-refractivity contribution < 1.29 is 4.79 Å². The van der Waals surface area contributed by atoms with Crippen LogP contribution < -0.4 is 5.73 Å². The number of hydrogen-bond acceptors (Lipinski definition) is 4. The molecule has 0 radical (unpaired) electrons. The minimum Gasteiger partial charge on any atom is -0.392 e. The van der Waals surface area contributed by atoms with Crippen LogP contribution in [0.25, 0.3) is 0 Å². The summed E-state index contributed by atoms with van der Waals surface area (Å²) in [6, 6.07) is 4.31. The zero-order chi connectivity index (χ0) is 15.2. The molecule has 2 rings (SSSR count). The minimum absolute atomic E-state index is 0.121. The molecule has 1 atom stereocenters. The molecule has 0 saturated carbocycles. The molecule has 21 heavy (non-hydrogen) atoms. The lowest BCUT2D eigenvalue weighted by Gasteiger charge is -2.37. The van der Waals surface area contributed by atoms with Gasteiger partial charge in [-0.15, -0.1) is 11.3 Å². The van der Waals surface area contributed by atoms with E-state index in [4.69, 9.17) is 18.0 Å². The zero-order valence-corrected chi connectivity index (χ0v) is 14.1. The van der Waals surface area contributed by atoms with E-state index in [-0.39, 0.29) is 11.9 Å². The zero-order valence-electron chi connectivity index (χ0n) is 12.5. The molecular weight excluding hydrogens is 302 g/mol. The highest BCUT2D eigenvalue weighted by atomic mass is 32.1. The van der Waals surface area contributed by atoms with Gasteiger partial charge in [-0.25, -0.2) is 0 Å². The van der Waals surface area contributed by atoms with Crippen LogP contribution in [0.1, 0.15) is 24.6 Å². The van der Waals surface area contributed by atoms with Crippen LogP contribution in [0.5, 0.6) is 0 Å². The Labute approximate surface area is 135 Å². The molecule has 0 bridgehead atoms. The number of carbonyl (C=O) groups is 1. The second kappa shape index (κ2) is 7.87. The van der Waals surface area contributed by atoms with E-state index in [1.54, 1.807) is 11.3 Å². The monoisotopic (exact) mass is 325 g/mol. The molecule has 1 unspecified atom stereocenters. The number of aryl methyl sites for hydroxylation is 1. The van der Waals surface area contributed by atoms with E-state index in [9.17, 15) is 4.79 Å². The highest BCUT2D eigenvalue weighted by Gasteiger charge is 2.24. The molecule has 1 fully saturated rings. The second-order valence-corrected chi connectivity index (χ2v) is 6.93. The van der Waals surface area contributed by atoms with Crippen LogP contribution in [0.2, 0.25) is 0 Å². The van der Waals surface area contributed by atoms with E-state index in [1.165, 1.54) is 4.88 Å². The molecule has 1 amide bonds. The fourth-order valence-electron chi connectivity index (χ4n) is 2.57. The van der Waals surface area contributed by atoms with Crippen molar-refractivity contribution in [1.82, 2.24) is 9.80 Å². The summed E-state index contributed by atoms with van der Waals surface area (Å²) in [5.41, 5.74) is 5.68. The van der Waals surface area contributed by atoms with Gasteiger partial charge in [0.15, 0.2) is 0 Å². The molecule has 1 aromatic heterocycles. The Morgan fingerprint density at radius 1 is 1.43 bits per heavy atom. The highest BCUT2D eigenvalue weighted by molar-refractivity contribution is 7.80. The van der Waals surface area contributed by atoms with Crippen molar-refractivity contribution >= 4 is 34.5 Å². The van der Waals surface area contributed by atoms with E-state index >= 15 is 0 Å². The fraction of sp³-hybridized carbons (Fsp3) is 0.600. The molecule has 0 aliphatic carbocycles. The number of rotatable bonds is 6. The number of carbonyl (C=O) groups excluding carboxylic acids is 1. The normalized spacial score (nSPS) is 17.7. The lowest BCUT2D eigenvalue weighted by molar-refractivity contribution is -0.133. The van der Waals surface area contributed by atoms with Crippen LogP contribution in [-0.2, 0) is 11.2 Å². The molecular formula is C15H23N3OS2. The first-order valence-electron chi connectivity index (χ1n) is 7.41. The molecule has 1 aliphatic heterocycles. The molecule has 6 heteroatoms. The van der Waals surface area contributed by atoms with Gasteiger partial charge in [0.05, 0.1) is 11.0 Å². The van der Waals surface area contributed by atoms with Crippen molar-refractivity contribution in [2.75, 3.05) is 26.2 Å². The summed E-state index contributed by atoms with van der Waals surface area (Å²) in [6.07, 6.45) is 2.58. The Kier molecular flexibility index (Phi) is 6.14. The summed E-state index contributed by atoms with van der Waals surface area (Å²) in [6.45, 7) is 5.31. The summed E-state index contributed by atoms with van der Waals surface area (Å²) in [7, 11) is 0. The number of nitrogens with zero attached hydrogens (tertiary/aromatic N) is 2. The number of amides is 1. The molecule has 1 saturated heterocycles. The van der Waals surface area contributed by atoms with Gasteiger partial charge >= 0.3 is 0 Å². The van der Waals surface area contributed by atoms with Gasteiger partial charge in [0.25, 0.3) is 0 Å². The van der Waals surface area contributed by atoms with Crippen molar-refractivity contribution in [2.24, 2.45) is 5.73 Å². The SMILES string of the molecule is CC(C(N)=S)N1CCN(C(=O)CCCc2cccs2)CC1. The van der Waals surface area contributed by atoms with Crippen LogP contribution in [-0.4, -0.2) is 52.9 Å². The van der Waals surface area contributed by atoms with Gasteiger partial charge < -0.3 is 10.6 Å². The molecule has 4 nitrogen and oxygen atoms in total. The average Bonchev–Trinajstić information content (AvgIpc) is 2.99. The third-order valence-corrected chi connectivity index (χ3v) is 5.30. The van der Waals surface area contributed by atoms with Crippen LogP contribution in [0.4, 0.5) is 0 Å². The Bertz CT molecular complexity index is 467. The lowest BCUT2D eigenvalue weighted by atomic mass is 10.1. The third-order valence-electron chi connectivity index (χ3n) is 4.02. The smallest absolute Gasteiger partial charge is 0.222 e. The van der Waals surface area contributed by atoms with Crippen molar-refractivity contribution in [3.63, 3.8) is 0 Å². The van der Waals surface area contributed by atoms with Crippen LogP contribution in [0, 0.1) is 0 Å². The molecule has 1 aliphatic rings. The second-order valence-electron chi connectivity index (χ2n) is 5.43. The summed E-state index contributed by atoms with van der Waals surface area (Å²) in [5.74, 6) is 0.272. The maximum absolute atomic E-state index is 12.2. The fourth-order valence-corrected chi connectivity index (χ4v) is 3.47. The van der Waals surface area contributed by atoms with E-state index in [1.807, 2.05) is 11.8 Å². The van der Waals surface area contributed by atoms with Crippen LogP contribution >= 0.6 is 23.6 Å². The van der Waals surface area contributed by atoms with Crippen molar-refractivity contribution in [2.45, 2.75) is 32.2 Å². The molecule has 2 heterocycles. The van der Waals surface area contributed by atoms with E-state index < -0.39 is 0 Å². The molecule has 116 valence electrons. The van der Waals surface area contributed by atoms with E-state index in [0.29, 0.717) is 11.4 Å². The number of hydrogen-bond donors (Lipinski definition) is 1. The predicted octanol–water partition coefficient (Wildman–Crippen LogP) is 1.89. The number of thiophene rings is 1. The topological polar surface area (TPSA) is 49.6 Å². The van der Waals surface area contributed by atoms with Crippen LogP contribution in [0.3, 0.4) is 0 Å². The maximum atomic E-state index is 12.2. The largest absolute Gasteiger partial charge is 0.392 e. The van der Waals surface area contributed by atoms with Gasteiger partial charge in [0.1, 0.15) is 0 Å². The quantitative estimate of drug-likeness (QED) is 0.812. The van der Waals surface area contributed by atoms with Gasteiger partial charge in [-0.1, -0.05) is 18.3 Å². The molecule has 0 spiro atoms. The Balaban J connectivity index is 1.69. The standard InChI is InChI=1S/C15H23N3OS2/c1-12(15(16)20)17-7-9-18(10-8-17)14(19)6-2-4-13-5-3-11-21-13/h3,5,11-12H,2,4,6-10H2,1H3,(H2,16,20). The van der Waals surface area contributed by atoms with Crippen molar-refractivity contribution in [1.29, 1.82) is 0 Å². The summed E-state index contributed by atoms with van der Waals surface area (Å²) < 4.78 is 0. The van der Waals surface area contributed by atoms with Gasteiger partial charge in [0, 0.05) is 37.5 Å². The minimum atomic E-state index is 0.121. The third kappa shape index (κ3) is 4.76. The van der Waals surface area contributed by atoms with Gasteiger partial charge in [-0.05, 0) is 31.2 Å². The van der Waals surface area contributed by atoms with E-state index in [0.717, 1.165) is 39.0 Å². The Morgan fingerprint density at radius 3 is 2.71 bits per heavy atom. The number of piperazine rings is 1. The van der Waals surface area contributed by atoms with Crippen molar-refractivity contribution in [3.05, 3.63) is 22.4 Å². The molecule has 2 N–H and O–H groups in total. The van der Waals surface area contributed by atoms with E-state index in [2.05, 4.69) is 22.4 Å². The molecule has 0 aromatic carbocycles. The number of thiocarbonyl (C=S) groups is 1. The summed E-state index contributed by atoms with van der Waals surface area (Å²) in [5, 5.41) is 2.08. The van der Waals surface area contributed by atoms with Gasteiger partial charge in [0.2, 0.25) is 5.91 Å². The summed E-state index contributed by atoms with van der Waals surface area (Å²) >= 11 is 6.79. The van der Waals surface area contributed by atoms with Gasteiger partial charge in [-0.2, -0.15) is 0 Å².